The van der Waals surface area contributed by atoms with Gasteiger partial charge in [0, 0.05) is 6.42 Å². The molecular weight excluding hydrogens is 776 g/mol. The van der Waals surface area contributed by atoms with Crippen LogP contribution < -0.4 is 43.0 Å². The summed E-state index contributed by atoms with van der Waals surface area (Å²) in [4.78, 5) is 115. The van der Waals surface area contributed by atoms with Crippen molar-refractivity contribution < 1.29 is 63.6 Å². The molecule has 21 heteroatoms. The number of aliphatic hydroxyl groups is 2. The number of amides is 7. The SMILES string of the molecule is CC(C)CC(N)C(=O)NC(CC(C)C)C(=O)NC(CO)C(=O)NC(C)C(=O)NC(CC(C)C)C(=O)NC(C(=O)NC(CCC(=O)O)C(=O)NC(C(=O)O)C(C)O)C(C)C. The largest absolute Gasteiger partial charge is 0.481 e. The van der Waals surface area contributed by atoms with Crippen LogP contribution >= 0.6 is 0 Å². The molecular formula is C38H68N8O13. The van der Waals surface area contributed by atoms with Gasteiger partial charge in [-0.2, -0.15) is 0 Å². The highest BCUT2D eigenvalue weighted by atomic mass is 16.4. The van der Waals surface area contributed by atoms with E-state index < -0.39 is 133 Å². The zero-order valence-corrected chi connectivity index (χ0v) is 35.8. The van der Waals surface area contributed by atoms with Gasteiger partial charge in [0.25, 0.3) is 0 Å². The molecule has 0 saturated heterocycles. The second kappa shape index (κ2) is 26.3. The Labute approximate surface area is 345 Å². The van der Waals surface area contributed by atoms with Crippen LogP contribution in [0.5, 0.6) is 0 Å². The summed E-state index contributed by atoms with van der Waals surface area (Å²) in [6.07, 6.45) is -1.97. The minimum Gasteiger partial charge on any atom is -0.481 e. The molecule has 0 radical (unpaired) electrons. The Morgan fingerprint density at radius 3 is 1.32 bits per heavy atom. The first-order valence-electron chi connectivity index (χ1n) is 19.8. The van der Waals surface area contributed by atoms with Crippen LogP contribution in [0.15, 0.2) is 0 Å². The number of aliphatic hydroxyl groups excluding tert-OH is 2. The Morgan fingerprint density at radius 2 is 0.898 bits per heavy atom. The van der Waals surface area contributed by atoms with E-state index in [2.05, 4.69) is 37.2 Å². The second-order valence-corrected chi connectivity index (χ2v) is 16.4. The minimum absolute atomic E-state index is 0.0547. The third-order valence-corrected chi connectivity index (χ3v) is 8.88. The predicted molar refractivity (Wildman–Crippen MR) is 214 cm³/mol. The summed E-state index contributed by atoms with van der Waals surface area (Å²) in [5, 5.41) is 55.2. The molecule has 0 aliphatic heterocycles. The minimum atomic E-state index is -1.77. The zero-order chi connectivity index (χ0) is 45.9. The molecule has 0 bridgehead atoms. The van der Waals surface area contributed by atoms with Crippen LogP contribution in [0.2, 0.25) is 0 Å². The lowest BCUT2D eigenvalue weighted by molar-refractivity contribution is -0.145. The van der Waals surface area contributed by atoms with E-state index in [1.54, 1.807) is 27.7 Å². The van der Waals surface area contributed by atoms with Crippen LogP contribution in [0, 0.1) is 23.7 Å². The van der Waals surface area contributed by atoms with Crippen LogP contribution in [0.4, 0.5) is 0 Å². The lowest BCUT2D eigenvalue weighted by Crippen LogP contribution is -2.61. The predicted octanol–water partition coefficient (Wildman–Crippen LogP) is -2.16. The molecule has 0 heterocycles. The summed E-state index contributed by atoms with van der Waals surface area (Å²) in [7, 11) is 0. The van der Waals surface area contributed by atoms with Gasteiger partial charge >= 0.3 is 11.9 Å². The number of carbonyl (C=O) groups is 9. The zero-order valence-electron chi connectivity index (χ0n) is 35.8. The Bertz CT molecular complexity index is 1460. The smallest absolute Gasteiger partial charge is 0.328 e. The van der Waals surface area contributed by atoms with E-state index in [-0.39, 0.29) is 30.6 Å². The van der Waals surface area contributed by atoms with E-state index in [1.807, 2.05) is 27.7 Å². The van der Waals surface area contributed by atoms with Crippen molar-refractivity contribution in [2.45, 2.75) is 156 Å². The van der Waals surface area contributed by atoms with E-state index in [0.29, 0.717) is 6.42 Å². The fourth-order valence-electron chi connectivity index (χ4n) is 5.67. The number of hydrogen-bond donors (Lipinski definition) is 12. The number of nitrogens with one attached hydrogen (secondary N) is 7. The van der Waals surface area contributed by atoms with Crippen LogP contribution in [0.1, 0.15) is 101 Å². The number of nitrogens with two attached hydrogens (primary N) is 1. The molecule has 0 fully saturated rings. The van der Waals surface area contributed by atoms with E-state index in [1.165, 1.54) is 6.92 Å². The topological polar surface area (TPSA) is 345 Å². The van der Waals surface area contributed by atoms with Crippen molar-refractivity contribution in [1.29, 1.82) is 0 Å². The molecule has 7 amide bonds. The van der Waals surface area contributed by atoms with Crippen molar-refractivity contribution in [2.75, 3.05) is 6.61 Å². The fraction of sp³-hybridized carbons (Fsp3) is 0.763. The maximum absolute atomic E-state index is 13.6. The summed E-state index contributed by atoms with van der Waals surface area (Å²) < 4.78 is 0. The molecule has 0 aliphatic carbocycles. The molecule has 59 heavy (non-hydrogen) atoms. The van der Waals surface area contributed by atoms with Crippen LogP contribution in [-0.2, 0) is 43.2 Å². The molecule has 0 aliphatic rings. The summed E-state index contributed by atoms with van der Waals surface area (Å²) in [5.74, 6) is -9.58. The highest BCUT2D eigenvalue weighted by Crippen LogP contribution is 2.11. The van der Waals surface area contributed by atoms with Gasteiger partial charge in [0.05, 0.1) is 18.8 Å². The highest BCUT2D eigenvalue weighted by molar-refractivity contribution is 5.97. The molecule has 0 rings (SSSR count). The average molecular weight is 845 g/mol. The summed E-state index contributed by atoms with van der Waals surface area (Å²) in [6.45, 7) is 15.6. The Hall–Kier alpha value is -4.89. The van der Waals surface area contributed by atoms with Gasteiger partial charge in [-0.05, 0) is 63.2 Å². The maximum Gasteiger partial charge on any atom is 0.328 e. The number of aliphatic carboxylic acids is 2. The van der Waals surface area contributed by atoms with Crippen molar-refractivity contribution in [3.05, 3.63) is 0 Å². The Balaban J connectivity index is 5.97. The monoisotopic (exact) mass is 844 g/mol. The lowest BCUT2D eigenvalue weighted by Gasteiger charge is -2.29. The van der Waals surface area contributed by atoms with Gasteiger partial charge in [0.2, 0.25) is 41.4 Å². The molecule has 13 N–H and O–H groups in total. The molecule has 21 nitrogen and oxygen atoms in total. The van der Waals surface area contributed by atoms with E-state index >= 15 is 0 Å². The van der Waals surface area contributed by atoms with E-state index in [0.717, 1.165) is 6.92 Å². The molecule has 0 saturated carbocycles. The van der Waals surface area contributed by atoms with Gasteiger partial charge in [-0.1, -0.05) is 55.4 Å². The van der Waals surface area contributed by atoms with E-state index in [4.69, 9.17) is 5.73 Å². The van der Waals surface area contributed by atoms with Crippen LogP contribution in [0.25, 0.3) is 0 Å². The van der Waals surface area contributed by atoms with Crippen LogP contribution in [-0.4, -0.2) is 135 Å². The van der Waals surface area contributed by atoms with Gasteiger partial charge in [-0.3, -0.25) is 38.4 Å². The normalized spacial score (nSPS) is 16.0. The quantitative estimate of drug-likeness (QED) is 0.0420. The van der Waals surface area contributed by atoms with Crippen molar-refractivity contribution in [3.63, 3.8) is 0 Å². The first-order chi connectivity index (χ1) is 27.2. The molecule has 9 atom stereocenters. The van der Waals surface area contributed by atoms with Gasteiger partial charge in [0.1, 0.15) is 36.3 Å². The number of carboxylic acid groups (broad SMARTS) is 2. The Morgan fingerprint density at radius 1 is 0.492 bits per heavy atom. The standard InChI is InChI=1S/C38H68N8O13/c1-17(2)13-23(39)32(52)43-25(14-18(3)4)34(54)44-27(16-47)36(56)40-21(9)31(51)42-26(15-19(5)6)35(55)45-29(20(7)8)37(57)41-24(11-12-28(49)50)33(53)46-30(22(10)48)38(58)59/h17-27,29-30,47-48H,11-16,39H2,1-10H3,(H,40,56)(H,41,57)(H,42,51)(H,43,52)(H,44,54)(H,45,55)(H,46,53)(H,49,50)(H,58,59). The third kappa shape index (κ3) is 20.6. The van der Waals surface area contributed by atoms with Gasteiger partial charge in [-0.15, -0.1) is 0 Å². The molecule has 338 valence electrons. The van der Waals surface area contributed by atoms with Crippen molar-refractivity contribution in [2.24, 2.45) is 29.4 Å². The number of carboxylic acids is 2. The van der Waals surface area contributed by atoms with Crippen molar-refractivity contribution >= 4 is 53.3 Å². The fourth-order valence-corrected chi connectivity index (χ4v) is 5.67. The molecule has 9 unspecified atom stereocenters. The summed E-state index contributed by atoms with van der Waals surface area (Å²) >= 11 is 0. The van der Waals surface area contributed by atoms with Crippen LogP contribution in [0.3, 0.4) is 0 Å². The van der Waals surface area contributed by atoms with Crippen molar-refractivity contribution in [1.82, 2.24) is 37.2 Å². The van der Waals surface area contributed by atoms with E-state index in [9.17, 15) is 63.6 Å². The van der Waals surface area contributed by atoms with Crippen molar-refractivity contribution in [3.8, 4) is 0 Å². The number of rotatable bonds is 27. The van der Waals surface area contributed by atoms with Gasteiger partial charge in [-0.25, -0.2) is 4.79 Å². The lowest BCUT2D eigenvalue weighted by atomic mass is 9.99. The molecule has 0 aromatic heterocycles. The van der Waals surface area contributed by atoms with Gasteiger partial charge < -0.3 is 63.4 Å². The maximum atomic E-state index is 13.6. The summed E-state index contributed by atoms with van der Waals surface area (Å²) in [6, 6.07) is -10.8. The molecule has 0 aromatic carbocycles. The number of carbonyl (C=O) groups excluding carboxylic acids is 7. The molecule has 0 spiro atoms. The second-order valence-electron chi connectivity index (χ2n) is 16.4. The first kappa shape index (κ1) is 54.1. The number of hydrogen-bond acceptors (Lipinski definition) is 12. The first-order valence-corrected chi connectivity index (χ1v) is 19.8. The molecule has 0 aromatic rings. The average Bonchev–Trinajstić information content (AvgIpc) is 3.10. The Kier molecular flexibility index (Phi) is 24.1. The van der Waals surface area contributed by atoms with Gasteiger partial charge in [0.15, 0.2) is 6.04 Å². The third-order valence-electron chi connectivity index (χ3n) is 8.88. The highest BCUT2D eigenvalue weighted by Gasteiger charge is 2.35. The summed E-state index contributed by atoms with van der Waals surface area (Å²) in [5.41, 5.74) is 5.98.